The van der Waals surface area contributed by atoms with Crippen LogP contribution in [0.5, 0.6) is 5.75 Å². The molecule has 0 radical (unpaired) electrons. The number of aromatic hydroxyl groups is 1. The van der Waals surface area contributed by atoms with E-state index in [4.69, 9.17) is 0 Å². The Balaban J connectivity index is 1.69. The van der Waals surface area contributed by atoms with Gasteiger partial charge in [0.05, 0.1) is 6.10 Å². The number of allylic oxidation sites excluding steroid dienone is 1. The first-order chi connectivity index (χ1) is 14.0. The summed E-state index contributed by atoms with van der Waals surface area (Å²) < 4.78 is 27.6. The average molecular weight is 396 g/mol. The van der Waals surface area contributed by atoms with E-state index in [-0.39, 0.29) is 11.7 Å². The van der Waals surface area contributed by atoms with E-state index >= 15 is 0 Å². The van der Waals surface area contributed by atoms with E-state index < -0.39 is 17.4 Å². The van der Waals surface area contributed by atoms with Crippen LogP contribution in [0.3, 0.4) is 0 Å². The van der Waals surface area contributed by atoms with Gasteiger partial charge in [-0.1, -0.05) is 30.3 Å². The third kappa shape index (κ3) is 5.23. The van der Waals surface area contributed by atoms with Gasteiger partial charge in [0.2, 0.25) is 5.82 Å². The quantitative estimate of drug-likeness (QED) is 0.528. The third-order valence-electron chi connectivity index (χ3n) is 4.52. The molecule has 0 bridgehead atoms. The van der Waals surface area contributed by atoms with E-state index in [1.807, 2.05) is 12.2 Å². The van der Waals surface area contributed by atoms with Crippen LogP contribution in [0.15, 0.2) is 54.9 Å². The van der Waals surface area contributed by atoms with Gasteiger partial charge in [-0.15, -0.1) is 0 Å². The highest BCUT2D eigenvalue weighted by molar-refractivity contribution is 5.70. The predicted octanol–water partition coefficient (Wildman–Crippen LogP) is 5.36. The summed E-state index contributed by atoms with van der Waals surface area (Å²) >= 11 is 0. The summed E-state index contributed by atoms with van der Waals surface area (Å²) in [5.41, 5.74) is 2.24. The normalized spacial score (nSPS) is 12.4. The summed E-state index contributed by atoms with van der Waals surface area (Å²) in [6, 6.07) is 9.40. The van der Waals surface area contributed by atoms with Crippen LogP contribution in [0, 0.1) is 11.6 Å². The number of unbranched alkanes of at least 4 members (excludes halogenated alkanes) is 1. The Morgan fingerprint density at radius 1 is 0.931 bits per heavy atom. The van der Waals surface area contributed by atoms with E-state index in [0.717, 1.165) is 36.5 Å². The smallest absolute Gasteiger partial charge is 0.200 e. The van der Waals surface area contributed by atoms with Gasteiger partial charge >= 0.3 is 0 Å². The number of aliphatic hydroxyl groups excluding tert-OH is 1. The minimum Gasteiger partial charge on any atom is -0.505 e. The molecule has 0 fully saturated rings. The molecule has 1 atom stereocenters. The number of aliphatic hydroxyl groups is 1. The third-order valence-corrected chi connectivity index (χ3v) is 4.52. The van der Waals surface area contributed by atoms with Gasteiger partial charge in [-0.05, 0) is 55.5 Å². The van der Waals surface area contributed by atoms with Crippen LogP contribution < -0.4 is 0 Å². The van der Waals surface area contributed by atoms with Crippen molar-refractivity contribution in [3.05, 3.63) is 72.3 Å². The van der Waals surface area contributed by atoms with Gasteiger partial charge in [0.1, 0.15) is 0 Å². The molecular formula is C23H22F2N2O2. The van der Waals surface area contributed by atoms with Crippen molar-refractivity contribution < 1.29 is 19.0 Å². The Bertz CT molecular complexity index is 985. The SMILES string of the molecule is CC(O)CCC/C=C/c1ncc(-c2ccc(-c3ccc(O)c(F)c3F)cc2)cn1. The number of benzene rings is 2. The summed E-state index contributed by atoms with van der Waals surface area (Å²) in [6.45, 7) is 1.78. The van der Waals surface area contributed by atoms with Crippen molar-refractivity contribution in [2.75, 3.05) is 0 Å². The lowest BCUT2D eigenvalue weighted by atomic mass is 10.0. The van der Waals surface area contributed by atoms with Gasteiger partial charge in [0.15, 0.2) is 17.4 Å². The lowest BCUT2D eigenvalue weighted by Gasteiger charge is -2.07. The molecule has 4 nitrogen and oxygen atoms in total. The summed E-state index contributed by atoms with van der Waals surface area (Å²) in [7, 11) is 0. The second-order valence-electron chi connectivity index (χ2n) is 6.85. The van der Waals surface area contributed by atoms with E-state index in [1.54, 1.807) is 43.6 Å². The number of hydrogen-bond acceptors (Lipinski definition) is 4. The molecular weight excluding hydrogens is 374 g/mol. The highest BCUT2D eigenvalue weighted by Crippen LogP contribution is 2.30. The number of aromatic nitrogens is 2. The highest BCUT2D eigenvalue weighted by Gasteiger charge is 2.14. The maximum Gasteiger partial charge on any atom is 0.200 e. The molecule has 1 aromatic heterocycles. The minimum absolute atomic E-state index is 0.0826. The monoisotopic (exact) mass is 396 g/mol. The fraction of sp³-hybridized carbons (Fsp3) is 0.217. The number of rotatable bonds is 7. The molecule has 0 amide bonds. The van der Waals surface area contributed by atoms with Crippen LogP contribution in [0.1, 0.15) is 32.0 Å². The molecule has 0 saturated heterocycles. The number of halogens is 2. The van der Waals surface area contributed by atoms with Crippen molar-refractivity contribution >= 4 is 6.08 Å². The van der Waals surface area contributed by atoms with Gasteiger partial charge < -0.3 is 10.2 Å². The Kier molecular flexibility index (Phi) is 6.67. The number of phenols is 1. The fourth-order valence-corrected chi connectivity index (χ4v) is 2.90. The Morgan fingerprint density at radius 2 is 1.59 bits per heavy atom. The molecule has 0 aliphatic rings. The van der Waals surface area contributed by atoms with Crippen molar-refractivity contribution in [3.8, 4) is 28.0 Å². The van der Waals surface area contributed by atoms with Crippen molar-refractivity contribution in [1.29, 1.82) is 0 Å². The van der Waals surface area contributed by atoms with Crippen molar-refractivity contribution in [2.24, 2.45) is 0 Å². The second-order valence-corrected chi connectivity index (χ2v) is 6.85. The molecule has 3 aromatic rings. The molecule has 1 unspecified atom stereocenters. The van der Waals surface area contributed by atoms with Crippen LogP contribution >= 0.6 is 0 Å². The Hall–Kier alpha value is -3.12. The summed E-state index contributed by atoms with van der Waals surface area (Å²) in [4.78, 5) is 8.64. The Morgan fingerprint density at radius 3 is 2.24 bits per heavy atom. The largest absolute Gasteiger partial charge is 0.505 e. The van der Waals surface area contributed by atoms with Gasteiger partial charge in [0, 0.05) is 23.5 Å². The van der Waals surface area contributed by atoms with Crippen molar-refractivity contribution in [3.63, 3.8) is 0 Å². The maximum atomic E-state index is 14.0. The predicted molar refractivity (Wildman–Crippen MR) is 109 cm³/mol. The average Bonchev–Trinajstić information content (AvgIpc) is 2.72. The topological polar surface area (TPSA) is 66.2 Å². The number of hydrogen-bond donors (Lipinski definition) is 2. The van der Waals surface area contributed by atoms with E-state index in [2.05, 4.69) is 9.97 Å². The molecule has 2 N–H and O–H groups in total. The molecule has 1 heterocycles. The molecule has 29 heavy (non-hydrogen) atoms. The summed E-state index contributed by atoms with van der Waals surface area (Å²) in [6.07, 6.45) is 9.48. The van der Waals surface area contributed by atoms with Crippen LogP contribution in [0.2, 0.25) is 0 Å². The zero-order valence-electron chi connectivity index (χ0n) is 16.0. The molecule has 6 heteroatoms. The molecule has 0 aliphatic carbocycles. The van der Waals surface area contributed by atoms with Gasteiger partial charge in [-0.25, -0.2) is 14.4 Å². The molecule has 0 aliphatic heterocycles. The first-order valence-electron chi connectivity index (χ1n) is 9.40. The van der Waals surface area contributed by atoms with Crippen LogP contribution in [-0.4, -0.2) is 26.3 Å². The lowest BCUT2D eigenvalue weighted by Crippen LogP contribution is -1.97. The standard InChI is InChI=1S/C23H22F2N2O2/c1-15(28)5-3-2-4-6-21-26-13-18(14-27-21)16-7-9-17(10-8-16)19-11-12-20(29)23(25)22(19)24/h4,6-15,28-29H,2-3,5H2,1H3/b6-4+. The Labute approximate surface area is 168 Å². The minimum atomic E-state index is -1.26. The second kappa shape index (κ2) is 9.39. The summed E-state index contributed by atoms with van der Waals surface area (Å²) in [5.74, 6) is -2.44. The first-order valence-corrected chi connectivity index (χ1v) is 9.40. The van der Waals surface area contributed by atoms with Crippen molar-refractivity contribution in [2.45, 2.75) is 32.3 Å². The van der Waals surface area contributed by atoms with Crippen molar-refractivity contribution in [1.82, 2.24) is 9.97 Å². The van der Waals surface area contributed by atoms with Crippen LogP contribution in [0.4, 0.5) is 8.78 Å². The molecule has 3 rings (SSSR count). The number of nitrogens with zero attached hydrogens (tertiary/aromatic N) is 2. The first kappa shape index (κ1) is 20.6. The van der Waals surface area contributed by atoms with E-state index in [0.29, 0.717) is 11.4 Å². The van der Waals surface area contributed by atoms with Gasteiger partial charge in [-0.2, -0.15) is 4.39 Å². The number of phenolic OH excluding ortho intramolecular Hbond substituents is 1. The fourth-order valence-electron chi connectivity index (χ4n) is 2.90. The maximum absolute atomic E-state index is 14.0. The molecule has 150 valence electrons. The molecule has 0 spiro atoms. The van der Waals surface area contributed by atoms with Gasteiger partial charge in [-0.3, -0.25) is 0 Å². The lowest BCUT2D eigenvalue weighted by molar-refractivity contribution is 0.182. The molecule has 0 saturated carbocycles. The highest BCUT2D eigenvalue weighted by atomic mass is 19.2. The van der Waals surface area contributed by atoms with E-state index in [1.165, 1.54) is 6.07 Å². The zero-order chi connectivity index (χ0) is 20.8. The van der Waals surface area contributed by atoms with Crippen LogP contribution in [0.25, 0.3) is 28.3 Å². The van der Waals surface area contributed by atoms with Crippen LogP contribution in [-0.2, 0) is 0 Å². The zero-order valence-corrected chi connectivity index (χ0v) is 16.0. The van der Waals surface area contributed by atoms with E-state index in [9.17, 15) is 19.0 Å². The van der Waals surface area contributed by atoms with Gasteiger partial charge in [0.25, 0.3) is 0 Å². The summed E-state index contributed by atoms with van der Waals surface area (Å²) in [5, 5.41) is 18.5. The molecule has 2 aromatic carbocycles.